The van der Waals surface area contributed by atoms with E-state index in [9.17, 15) is 0 Å². The summed E-state index contributed by atoms with van der Waals surface area (Å²) in [6, 6.07) is 14.1. The van der Waals surface area contributed by atoms with E-state index in [4.69, 9.17) is 15.8 Å². The molecule has 0 atom stereocenters. The van der Waals surface area contributed by atoms with Crippen molar-refractivity contribution in [3.63, 3.8) is 0 Å². The Morgan fingerprint density at radius 3 is 2.40 bits per heavy atom. The normalized spacial score (nSPS) is 11.1. The highest BCUT2D eigenvalue weighted by Gasteiger charge is 2.07. The average Bonchev–Trinajstić information content (AvgIpc) is 2.63. The number of aromatic nitrogens is 2. The van der Waals surface area contributed by atoms with Gasteiger partial charge in [0.1, 0.15) is 5.82 Å². The fraction of sp³-hybridized carbons (Fsp3) is 0.333. The number of aliphatic hydroxyl groups excluding tert-OH is 1. The number of benzene rings is 1. The number of hydrogen-bond donors (Lipinski definition) is 2. The molecule has 0 bridgehead atoms. The Kier molecular flexibility index (Phi) is 5.61. The molecule has 0 saturated carbocycles. The molecule has 0 saturated heterocycles. The molecule has 25 heavy (non-hydrogen) atoms. The van der Waals surface area contributed by atoms with Gasteiger partial charge in [0.2, 0.25) is 0 Å². The number of aryl methyl sites for hydroxylation is 1. The molecule has 0 aliphatic heterocycles. The molecular weight excluding hydrogens is 310 g/mol. The van der Waals surface area contributed by atoms with Crippen molar-refractivity contribution in [3.05, 3.63) is 64.8 Å². The van der Waals surface area contributed by atoms with E-state index in [0.717, 1.165) is 47.1 Å². The monoisotopic (exact) mass is 335 g/mol. The van der Waals surface area contributed by atoms with Gasteiger partial charge >= 0.3 is 0 Å². The second-order valence-electron chi connectivity index (χ2n) is 6.48. The maximum absolute atomic E-state index is 9.13. The standard InChI is InChI=1S/C21H25N3O/c1-2-3-4-5-17-13-20-19(24-21(17)22)11-10-18(23-20)12-15-6-8-16(14-25)9-7-15/h6-11,13,25H,2-5,12,14H2,1H3,(H2,22,24). The molecule has 2 aromatic heterocycles. The lowest BCUT2D eigenvalue weighted by Crippen LogP contribution is -2.01. The topological polar surface area (TPSA) is 72.0 Å². The van der Waals surface area contributed by atoms with E-state index in [1.165, 1.54) is 18.4 Å². The molecule has 3 rings (SSSR count). The molecule has 4 nitrogen and oxygen atoms in total. The summed E-state index contributed by atoms with van der Waals surface area (Å²) in [7, 11) is 0. The SMILES string of the molecule is CCCCCc1cc2nc(Cc3ccc(CO)cc3)ccc2nc1N. The number of hydrogen-bond acceptors (Lipinski definition) is 4. The highest BCUT2D eigenvalue weighted by Crippen LogP contribution is 2.20. The van der Waals surface area contributed by atoms with Gasteiger partial charge in [-0.05, 0) is 47.7 Å². The molecule has 1 aromatic carbocycles. The third-order valence-corrected chi connectivity index (χ3v) is 4.48. The molecule has 0 spiro atoms. The lowest BCUT2D eigenvalue weighted by atomic mass is 10.1. The minimum absolute atomic E-state index is 0.0718. The van der Waals surface area contributed by atoms with Crippen molar-refractivity contribution in [2.45, 2.75) is 45.6 Å². The van der Waals surface area contributed by atoms with Crippen LogP contribution in [0.1, 0.15) is 48.6 Å². The Labute approximate surface area is 148 Å². The second-order valence-corrected chi connectivity index (χ2v) is 6.48. The zero-order valence-electron chi connectivity index (χ0n) is 14.7. The number of nitrogens with zero attached hydrogens (tertiary/aromatic N) is 2. The third kappa shape index (κ3) is 4.34. The van der Waals surface area contributed by atoms with Crippen molar-refractivity contribution in [1.82, 2.24) is 9.97 Å². The smallest absolute Gasteiger partial charge is 0.127 e. The summed E-state index contributed by atoms with van der Waals surface area (Å²) < 4.78 is 0. The van der Waals surface area contributed by atoms with Gasteiger partial charge in [0.25, 0.3) is 0 Å². The zero-order valence-corrected chi connectivity index (χ0v) is 14.7. The predicted molar refractivity (Wildman–Crippen MR) is 102 cm³/mol. The number of unbranched alkanes of at least 4 members (excludes halogenated alkanes) is 2. The molecule has 3 N–H and O–H groups in total. The summed E-state index contributed by atoms with van der Waals surface area (Å²) in [4.78, 5) is 9.29. The van der Waals surface area contributed by atoms with Crippen LogP contribution in [0.15, 0.2) is 42.5 Å². The molecule has 3 aromatic rings. The molecule has 4 heteroatoms. The van der Waals surface area contributed by atoms with Gasteiger partial charge < -0.3 is 10.8 Å². The molecule has 0 fully saturated rings. The van der Waals surface area contributed by atoms with E-state index < -0.39 is 0 Å². The molecular formula is C21H25N3O. The van der Waals surface area contributed by atoms with Crippen LogP contribution in [0.25, 0.3) is 11.0 Å². The van der Waals surface area contributed by atoms with Gasteiger partial charge in [0.15, 0.2) is 0 Å². The number of fused-ring (bicyclic) bond motifs is 1. The number of pyridine rings is 2. The second kappa shape index (κ2) is 8.08. The zero-order chi connectivity index (χ0) is 17.6. The summed E-state index contributed by atoms with van der Waals surface area (Å²) in [5.74, 6) is 0.623. The summed E-state index contributed by atoms with van der Waals surface area (Å²) in [5.41, 5.74) is 12.1. The van der Waals surface area contributed by atoms with Crippen LogP contribution < -0.4 is 5.73 Å². The Hall–Kier alpha value is -2.46. The number of nitrogen functional groups attached to an aromatic ring is 1. The lowest BCUT2D eigenvalue weighted by molar-refractivity contribution is 0.282. The van der Waals surface area contributed by atoms with Gasteiger partial charge in [-0.15, -0.1) is 0 Å². The average molecular weight is 335 g/mol. The largest absolute Gasteiger partial charge is 0.392 e. The molecule has 0 aliphatic carbocycles. The maximum Gasteiger partial charge on any atom is 0.127 e. The van der Waals surface area contributed by atoms with Gasteiger partial charge in [-0.1, -0.05) is 44.0 Å². The van der Waals surface area contributed by atoms with Crippen LogP contribution in [0.4, 0.5) is 5.82 Å². The Morgan fingerprint density at radius 2 is 1.68 bits per heavy atom. The van der Waals surface area contributed by atoms with Crippen molar-refractivity contribution in [1.29, 1.82) is 0 Å². The molecule has 0 unspecified atom stereocenters. The number of aliphatic hydroxyl groups is 1. The van der Waals surface area contributed by atoms with E-state index in [-0.39, 0.29) is 6.61 Å². The summed E-state index contributed by atoms with van der Waals surface area (Å²) in [6.07, 6.45) is 5.24. The van der Waals surface area contributed by atoms with E-state index in [1.807, 2.05) is 36.4 Å². The quantitative estimate of drug-likeness (QED) is 0.640. The maximum atomic E-state index is 9.13. The molecule has 0 radical (unpaired) electrons. The fourth-order valence-electron chi connectivity index (χ4n) is 2.99. The third-order valence-electron chi connectivity index (χ3n) is 4.48. The molecule has 130 valence electrons. The minimum atomic E-state index is 0.0718. The molecule has 0 aliphatic rings. The van der Waals surface area contributed by atoms with Crippen LogP contribution in [-0.4, -0.2) is 15.1 Å². The first-order chi connectivity index (χ1) is 12.2. The lowest BCUT2D eigenvalue weighted by Gasteiger charge is -2.08. The first-order valence-electron chi connectivity index (χ1n) is 8.93. The van der Waals surface area contributed by atoms with Gasteiger partial charge in [-0.3, -0.25) is 4.98 Å². The highest BCUT2D eigenvalue weighted by molar-refractivity contribution is 5.77. The van der Waals surface area contributed by atoms with Crippen LogP contribution in [-0.2, 0) is 19.4 Å². The van der Waals surface area contributed by atoms with E-state index in [0.29, 0.717) is 5.82 Å². The first kappa shape index (κ1) is 17.4. The Bertz CT molecular complexity index is 844. The van der Waals surface area contributed by atoms with Crippen LogP contribution in [0.5, 0.6) is 0 Å². The Balaban J connectivity index is 1.83. The summed E-state index contributed by atoms with van der Waals surface area (Å²) in [5, 5.41) is 9.13. The molecule has 0 amide bonds. The van der Waals surface area contributed by atoms with Gasteiger partial charge in [-0.25, -0.2) is 4.98 Å². The van der Waals surface area contributed by atoms with E-state index in [1.54, 1.807) is 0 Å². The highest BCUT2D eigenvalue weighted by atomic mass is 16.3. The van der Waals surface area contributed by atoms with Gasteiger partial charge in [-0.2, -0.15) is 0 Å². The first-order valence-corrected chi connectivity index (χ1v) is 8.93. The molecule has 2 heterocycles. The van der Waals surface area contributed by atoms with Crippen molar-refractivity contribution in [2.24, 2.45) is 0 Å². The van der Waals surface area contributed by atoms with Crippen molar-refractivity contribution in [2.75, 3.05) is 5.73 Å². The van der Waals surface area contributed by atoms with E-state index in [2.05, 4.69) is 18.0 Å². The van der Waals surface area contributed by atoms with Crippen molar-refractivity contribution >= 4 is 16.9 Å². The van der Waals surface area contributed by atoms with Crippen LogP contribution in [0.3, 0.4) is 0 Å². The number of rotatable bonds is 7. The fourth-order valence-corrected chi connectivity index (χ4v) is 2.99. The van der Waals surface area contributed by atoms with Crippen LogP contribution in [0.2, 0.25) is 0 Å². The number of anilines is 1. The van der Waals surface area contributed by atoms with Crippen LogP contribution in [0, 0.1) is 0 Å². The van der Waals surface area contributed by atoms with E-state index >= 15 is 0 Å². The minimum Gasteiger partial charge on any atom is -0.392 e. The van der Waals surface area contributed by atoms with Crippen LogP contribution >= 0.6 is 0 Å². The van der Waals surface area contributed by atoms with Crippen molar-refractivity contribution in [3.8, 4) is 0 Å². The summed E-state index contributed by atoms with van der Waals surface area (Å²) in [6.45, 7) is 2.27. The van der Waals surface area contributed by atoms with Gasteiger partial charge in [0.05, 0.1) is 17.6 Å². The van der Waals surface area contributed by atoms with Crippen molar-refractivity contribution < 1.29 is 5.11 Å². The predicted octanol–water partition coefficient (Wildman–Crippen LogP) is 4.03. The Morgan fingerprint density at radius 1 is 0.920 bits per heavy atom. The number of nitrogens with two attached hydrogens (primary N) is 1. The summed E-state index contributed by atoms with van der Waals surface area (Å²) >= 11 is 0. The van der Waals surface area contributed by atoms with Gasteiger partial charge in [0, 0.05) is 12.1 Å².